The van der Waals surface area contributed by atoms with Crippen molar-refractivity contribution >= 4 is 5.96 Å². The molecule has 0 radical (unpaired) electrons. The molecule has 1 aliphatic heterocycles. The number of ether oxygens (including phenoxy) is 4. The summed E-state index contributed by atoms with van der Waals surface area (Å²) in [5, 5.41) is 6.68. The van der Waals surface area contributed by atoms with Gasteiger partial charge in [0.2, 0.25) is 0 Å². The molecule has 29 heavy (non-hydrogen) atoms. The van der Waals surface area contributed by atoms with E-state index in [0.29, 0.717) is 25.9 Å². The van der Waals surface area contributed by atoms with Crippen molar-refractivity contribution in [3.63, 3.8) is 0 Å². The number of hydrogen-bond donors (Lipinski definition) is 2. The molecule has 0 saturated carbocycles. The zero-order valence-corrected chi connectivity index (χ0v) is 18.2. The number of rotatable bonds is 13. The van der Waals surface area contributed by atoms with E-state index in [1.54, 1.807) is 7.05 Å². The molecule has 0 amide bonds. The molecule has 7 nitrogen and oxygen atoms in total. The highest BCUT2D eigenvalue weighted by Crippen LogP contribution is 2.28. The van der Waals surface area contributed by atoms with Crippen LogP contribution in [0.15, 0.2) is 23.2 Å². The van der Waals surface area contributed by atoms with Crippen LogP contribution in [0.4, 0.5) is 0 Å². The molecule has 1 aromatic rings. The fourth-order valence-corrected chi connectivity index (χ4v) is 3.17. The van der Waals surface area contributed by atoms with Crippen molar-refractivity contribution in [1.29, 1.82) is 0 Å². The molecule has 1 unspecified atom stereocenters. The molecule has 1 heterocycles. The Balaban J connectivity index is 1.62. The van der Waals surface area contributed by atoms with Crippen molar-refractivity contribution in [2.45, 2.75) is 45.6 Å². The third kappa shape index (κ3) is 8.92. The second-order valence-corrected chi connectivity index (χ2v) is 6.89. The molecule has 0 spiro atoms. The molecule has 1 fully saturated rings. The molecule has 0 bridgehead atoms. The van der Waals surface area contributed by atoms with E-state index in [1.807, 2.05) is 19.9 Å². The Kier molecular flexibility index (Phi) is 11.3. The van der Waals surface area contributed by atoms with Crippen LogP contribution in [0.25, 0.3) is 0 Å². The van der Waals surface area contributed by atoms with E-state index in [0.717, 1.165) is 69.4 Å². The summed E-state index contributed by atoms with van der Waals surface area (Å²) in [6.07, 6.45) is 4.38. The van der Waals surface area contributed by atoms with Crippen molar-refractivity contribution < 1.29 is 18.9 Å². The van der Waals surface area contributed by atoms with E-state index in [2.05, 4.69) is 27.8 Å². The van der Waals surface area contributed by atoms with Crippen LogP contribution in [-0.4, -0.2) is 65.2 Å². The normalized spacial score (nSPS) is 16.7. The lowest BCUT2D eigenvalue weighted by Crippen LogP contribution is -2.39. The van der Waals surface area contributed by atoms with Crippen LogP contribution in [0, 0.1) is 0 Å². The Labute approximate surface area is 175 Å². The second-order valence-electron chi connectivity index (χ2n) is 6.89. The zero-order chi connectivity index (χ0) is 20.7. The van der Waals surface area contributed by atoms with Crippen LogP contribution in [-0.2, 0) is 15.9 Å². The van der Waals surface area contributed by atoms with Gasteiger partial charge in [-0.25, -0.2) is 0 Å². The molecule has 164 valence electrons. The van der Waals surface area contributed by atoms with Gasteiger partial charge < -0.3 is 29.6 Å². The van der Waals surface area contributed by atoms with Gasteiger partial charge in [-0.15, -0.1) is 0 Å². The summed E-state index contributed by atoms with van der Waals surface area (Å²) in [5.41, 5.74) is 1.20. The molecule has 1 aliphatic rings. The van der Waals surface area contributed by atoms with Crippen LogP contribution in [0.1, 0.15) is 38.7 Å². The maximum atomic E-state index is 5.70. The van der Waals surface area contributed by atoms with Crippen LogP contribution in [0.3, 0.4) is 0 Å². The maximum absolute atomic E-state index is 5.70. The van der Waals surface area contributed by atoms with Crippen molar-refractivity contribution in [2.24, 2.45) is 4.99 Å². The minimum absolute atomic E-state index is 0.295. The van der Waals surface area contributed by atoms with Crippen molar-refractivity contribution in [3.05, 3.63) is 23.8 Å². The van der Waals surface area contributed by atoms with E-state index in [1.165, 1.54) is 5.56 Å². The Morgan fingerprint density at radius 3 is 2.66 bits per heavy atom. The summed E-state index contributed by atoms with van der Waals surface area (Å²) in [4.78, 5) is 4.27. The highest BCUT2D eigenvalue weighted by Gasteiger charge is 2.14. The van der Waals surface area contributed by atoms with Crippen molar-refractivity contribution in [2.75, 3.05) is 53.2 Å². The standard InChI is InChI=1S/C22H37N3O4/c1-4-27-20-10-9-18(16-21(20)28-5-2)11-13-25-22(23-3)24-12-7-14-26-17-19-8-6-15-29-19/h9-10,16,19H,4-8,11-15,17H2,1-3H3,(H2,23,24,25). The molecule has 1 aromatic carbocycles. The van der Waals surface area contributed by atoms with E-state index >= 15 is 0 Å². The van der Waals surface area contributed by atoms with E-state index in [4.69, 9.17) is 18.9 Å². The minimum Gasteiger partial charge on any atom is -0.490 e. The first-order valence-corrected chi connectivity index (χ1v) is 10.8. The second kappa shape index (κ2) is 14.1. The molecule has 7 heteroatoms. The average Bonchev–Trinajstić information content (AvgIpc) is 3.25. The molecular formula is C22H37N3O4. The largest absolute Gasteiger partial charge is 0.490 e. The highest BCUT2D eigenvalue weighted by molar-refractivity contribution is 5.79. The lowest BCUT2D eigenvalue weighted by molar-refractivity contribution is 0.0168. The fraction of sp³-hybridized carbons (Fsp3) is 0.682. The van der Waals surface area contributed by atoms with E-state index in [-0.39, 0.29) is 0 Å². The zero-order valence-electron chi connectivity index (χ0n) is 18.2. The molecule has 0 aromatic heterocycles. The topological polar surface area (TPSA) is 73.3 Å². The van der Waals surface area contributed by atoms with Gasteiger partial charge in [-0.3, -0.25) is 4.99 Å². The van der Waals surface area contributed by atoms with Gasteiger partial charge in [0.1, 0.15) is 0 Å². The Morgan fingerprint density at radius 2 is 1.93 bits per heavy atom. The molecule has 1 atom stereocenters. The molecular weight excluding hydrogens is 370 g/mol. The Morgan fingerprint density at radius 1 is 1.14 bits per heavy atom. The minimum atomic E-state index is 0.295. The van der Waals surface area contributed by atoms with Crippen LogP contribution in [0.5, 0.6) is 11.5 Å². The summed E-state index contributed by atoms with van der Waals surface area (Å²) in [6, 6.07) is 6.11. The fourth-order valence-electron chi connectivity index (χ4n) is 3.17. The van der Waals surface area contributed by atoms with Gasteiger partial charge >= 0.3 is 0 Å². The third-order valence-electron chi connectivity index (χ3n) is 4.62. The van der Waals surface area contributed by atoms with Gasteiger partial charge in [-0.2, -0.15) is 0 Å². The van der Waals surface area contributed by atoms with E-state index < -0.39 is 0 Å². The summed E-state index contributed by atoms with van der Waals surface area (Å²) in [7, 11) is 1.79. The smallest absolute Gasteiger partial charge is 0.190 e. The average molecular weight is 408 g/mol. The lowest BCUT2D eigenvalue weighted by atomic mass is 10.1. The third-order valence-corrected chi connectivity index (χ3v) is 4.62. The quantitative estimate of drug-likeness (QED) is 0.298. The molecule has 0 aliphatic carbocycles. The van der Waals surface area contributed by atoms with Gasteiger partial charge in [-0.1, -0.05) is 6.07 Å². The molecule has 1 saturated heterocycles. The number of guanidine groups is 1. The predicted molar refractivity (Wildman–Crippen MR) is 116 cm³/mol. The predicted octanol–water partition coefficient (Wildman–Crippen LogP) is 2.78. The Bertz CT molecular complexity index is 604. The van der Waals surface area contributed by atoms with E-state index in [9.17, 15) is 0 Å². The van der Waals surface area contributed by atoms with Gasteiger partial charge in [0.15, 0.2) is 17.5 Å². The first kappa shape index (κ1) is 23.3. The van der Waals surface area contributed by atoms with Crippen LogP contribution in [0.2, 0.25) is 0 Å². The SMILES string of the molecule is CCOc1ccc(CCNC(=NC)NCCCOCC2CCCO2)cc1OCC. The first-order chi connectivity index (χ1) is 14.3. The summed E-state index contributed by atoms with van der Waals surface area (Å²) in [6.45, 7) is 9.13. The highest BCUT2D eigenvalue weighted by atomic mass is 16.5. The first-order valence-electron chi connectivity index (χ1n) is 10.8. The molecule has 2 N–H and O–H groups in total. The summed E-state index contributed by atoms with van der Waals surface area (Å²) >= 11 is 0. The number of hydrogen-bond acceptors (Lipinski definition) is 5. The maximum Gasteiger partial charge on any atom is 0.190 e. The van der Waals surface area contributed by atoms with Gasteiger partial charge in [0.05, 0.1) is 25.9 Å². The van der Waals surface area contributed by atoms with Crippen LogP contribution < -0.4 is 20.1 Å². The monoisotopic (exact) mass is 407 g/mol. The van der Waals surface area contributed by atoms with Crippen LogP contribution >= 0.6 is 0 Å². The summed E-state index contributed by atoms with van der Waals surface area (Å²) in [5.74, 6) is 2.41. The van der Waals surface area contributed by atoms with Gasteiger partial charge in [0.25, 0.3) is 0 Å². The van der Waals surface area contributed by atoms with Crippen molar-refractivity contribution in [1.82, 2.24) is 10.6 Å². The number of aliphatic imine (C=N–C) groups is 1. The number of nitrogens with zero attached hydrogens (tertiary/aromatic N) is 1. The lowest BCUT2D eigenvalue weighted by Gasteiger charge is -2.14. The van der Waals surface area contributed by atoms with Gasteiger partial charge in [0, 0.05) is 33.4 Å². The Hall–Kier alpha value is -1.99. The number of nitrogens with one attached hydrogen (secondary N) is 2. The van der Waals surface area contributed by atoms with Crippen molar-refractivity contribution in [3.8, 4) is 11.5 Å². The molecule has 2 rings (SSSR count). The number of benzene rings is 1. The summed E-state index contributed by atoms with van der Waals surface area (Å²) < 4.78 is 22.5. The van der Waals surface area contributed by atoms with Gasteiger partial charge in [-0.05, 0) is 57.2 Å².